The monoisotopic (exact) mass is 409 g/mol. The molecule has 0 saturated carbocycles. The SMILES string of the molecule is CN(Cc1cccc(-c2ccc(C(=O)N3CCC(CCO)CC3)cc2)c1)C(=O)CN. The predicted molar refractivity (Wildman–Crippen MR) is 118 cm³/mol. The first-order valence-corrected chi connectivity index (χ1v) is 10.6. The van der Waals surface area contributed by atoms with Crippen LogP contribution in [-0.4, -0.2) is 60.0 Å². The minimum atomic E-state index is -0.0938. The van der Waals surface area contributed by atoms with Crippen LogP contribution in [0.4, 0.5) is 0 Å². The maximum atomic E-state index is 12.8. The van der Waals surface area contributed by atoms with Gasteiger partial charge in [0.2, 0.25) is 5.91 Å². The number of hydrogen-bond acceptors (Lipinski definition) is 4. The van der Waals surface area contributed by atoms with E-state index in [1.807, 2.05) is 47.4 Å². The summed E-state index contributed by atoms with van der Waals surface area (Å²) in [6.07, 6.45) is 2.74. The number of nitrogens with two attached hydrogens (primary N) is 1. The van der Waals surface area contributed by atoms with Crippen LogP contribution in [-0.2, 0) is 11.3 Å². The lowest BCUT2D eigenvalue weighted by molar-refractivity contribution is -0.128. The van der Waals surface area contributed by atoms with Crippen LogP contribution in [0.5, 0.6) is 0 Å². The molecule has 1 saturated heterocycles. The summed E-state index contributed by atoms with van der Waals surface area (Å²) in [6, 6.07) is 15.8. The van der Waals surface area contributed by atoms with E-state index in [0.717, 1.165) is 49.0 Å². The third-order valence-corrected chi connectivity index (χ3v) is 5.85. The van der Waals surface area contributed by atoms with Crippen LogP contribution in [0.15, 0.2) is 48.5 Å². The highest BCUT2D eigenvalue weighted by molar-refractivity contribution is 5.94. The largest absolute Gasteiger partial charge is 0.396 e. The summed E-state index contributed by atoms with van der Waals surface area (Å²) in [4.78, 5) is 28.0. The molecule has 6 nitrogen and oxygen atoms in total. The van der Waals surface area contributed by atoms with Gasteiger partial charge in [0.15, 0.2) is 0 Å². The Bertz CT molecular complexity index is 858. The van der Waals surface area contributed by atoms with E-state index in [4.69, 9.17) is 10.8 Å². The van der Waals surface area contributed by atoms with Gasteiger partial charge >= 0.3 is 0 Å². The number of rotatable bonds is 7. The minimum Gasteiger partial charge on any atom is -0.396 e. The van der Waals surface area contributed by atoms with Gasteiger partial charge in [-0.1, -0.05) is 30.3 Å². The Morgan fingerprint density at radius 1 is 1.10 bits per heavy atom. The Balaban J connectivity index is 1.65. The molecule has 2 aromatic carbocycles. The molecule has 0 aromatic heterocycles. The summed E-state index contributed by atoms with van der Waals surface area (Å²) in [5, 5.41) is 9.08. The number of amides is 2. The molecule has 1 heterocycles. The number of hydrogen-bond donors (Lipinski definition) is 2. The second kappa shape index (κ2) is 10.4. The summed E-state index contributed by atoms with van der Waals surface area (Å²) in [6.45, 7) is 2.24. The first-order chi connectivity index (χ1) is 14.5. The Kier molecular flexibility index (Phi) is 7.60. The van der Waals surface area contributed by atoms with Crippen molar-refractivity contribution in [2.24, 2.45) is 11.7 Å². The Morgan fingerprint density at radius 3 is 2.43 bits per heavy atom. The van der Waals surface area contributed by atoms with Crippen molar-refractivity contribution in [2.75, 3.05) is 33.3 Å². The van der Waals surface area contributed by atoms with E-state index in [1.165, 1.54) is 0 Å². The molecule has 30 heavy (non-hydrogen) atoms. The number of aliphatic hydroxyl groups is 1. The zero-order valence-electron chi connectivity index (χ0n) is 17.6. The maximum Gasteiger partial charge on any atom is 0.253 e. The number of nitrogens with zero attached hydrogens (tertiary/aromatic N) is 2. The predicted octanol–water partition coefficient (Wildman–Crippen LogP) is 2.51. The van der Waals surface area contributed by atoms with Crippen molar-refractivity contribution < 1.29 is 14.7 Å². The molecule has 2 amide bonds. The van der Waals surface area contributed by atoms with E-state index in [9.17, 15) is 9.59 Å². The van der Waals surface area contributed by atoms with Gasteiger partial charge < -0.3 is 20.6 Å². The summed E-state index contributed by atoms with van der Waals surface area (Å²) < 4.78 is 0. The Hall–Kier alpha value is -2.70. The van der Waals surface area contributed by atoms with E-state index in [2.05, 4.69) is 6.07 Å². The number of carbonyl (C=O) groups is 2. The lowest BCUT2D eigenvalue weighted by atomic mass is 9.93. The molecule has 0 spiro atoms. The number of likely N-dealkylation sites (N-methyl/N-ethyl adjacent to an activating group) is 1. The van der Waals surface area contributed by atoms with Crippen molar-refractivity contribution >= 4 is 11.8 Å². The Morgan fingerprint density at radius 2 is 1.80 bits per heavy atom. The Labute approximate surface area is 178 Å². The molecule has 0 unspecified atom stereocenters. The van der Waals surface area contributed by atoms with Gasteiger partial charge in [-0.15, -0.1) is 0 Å². The van der Waals surface area contributed by atoms with Crippen LogP contribution in [0.3, 0.4) is 0 Å². The molecule has 0 aliphatic carbocycles. The third kappa shape index (κ3) is 5.46. The van der Waals surface area contributed by atoms with E-state index in [1.54, 1.807) is 11.9 Å². The zero-order chi connectivity index (χ0) is 21.5. The van der Waals surface area contributed by atoms with E-state index in [0.29, 0.717) is 18.0 Å². The quantitative estimate of drug-likeness (QED) is 0.736. The summed E-state index contributed by atoms with van der Waals surface area (Å²) in [5.74, 6) is 0.497. The van der Waals surface area contributed by atoms with E-state index >= 15 is 0 Å². The average molecular weight is 410 g/mol. The molecular weight excluding hydrogens is 378 g/mol. The van der Waals surface area contributed by atoms with Gasteiger partial charge in [-0.2, -0.15) is 0 Å². The van der Waals surface area contributed by atoms with Crippen molar-refractivity contribution in [3.8, 4) is 11.1 Å². The van der Waals surface area contributed by atoms with E-state index < -0.39 is 0 Å². The average Bonchev–Trinajstić information content (AvgIpc) is 2.79. The molecule has 1 fully saturated rings. The molecule has 160 valence electrons. The third-order valence-electron chi connectivity index (χ3n) is 5.85. The van der Waals surface area contributed by atoms with Gasteiger partial charge in [-0.3, -0.25) is 9.59 Å². The maximum absolute atomic E-state index is 12.8. The van der Waals surface area contributed by atoms with Gasteiger partial charge in [-0.05, 0) is 60.1 Å². The molecule has 6 heteroatoms. The minimum absolute atomic E-state index is 0.00475. The molecule has 0 atom stereocenters. The molecule has 3 N–H and O–H groups in total. The number of piperidine rings is 1. The molecule has 3 rings (SSSR count). The van der Waals surface area contributed by atoms with Gasteiger partial charge in [-0.25, -0.2) is 0 Å². The van der Waals surface area contributed by atoms with Crippen LogP contribution in [0, 0.1) is 5.92 Å². The fraction of sp³-hybridized carbons (Fsp3) is 0.417. The number of aliphatic hydroxyl groups excluding tert-OH is 1. The van der Waals surface area contributed by atoms with Crippen molar-refractivity contribution in [3.05, 3.63) is 59.7 Å². The smallest absolute Gasteiger partial charge is 0.253 e. The van der Waals surface area contributed by atoms with Crippen molar-refractivity contribution in [1.82, 2.24) is 9.80 Å². The molecule has 1 aliphatic rings. The standard InChI is InChI=1S/C24H31N3O3/c1-26(23(29)16-25)17-19-3-2-4-22(15-19)20-5-7-21(8-6-20)24(30)27-12-9-18(10-13-27)11-14-28/h2-8,15,18,28H,9-14,16-17,25H2,1H3. The molecular formula is C24H31N3O3. The highest BCUT2D eigenvalue weighted by Gasteiger charge is 2.23. The number of likely N-dealkylation sites (tertiary alicyclic amines) is 1. The summed E-state index contributed by atoms with van der Waals surface area (Å²) in [5.41, 5.74) is 9.23. The second-order valence-electron chi connectivity index (χ2n) is 7.98. The fourth-order valence-electron chi connectivity index (χ4n) is 3.96. The van der Waals surface area contributed by atoms with Gasteiger partial charge in [0.1, 0.15) is 0 Å². The summed E-state index contributed by atoms with van der Waals surface area (Å²) >= 11 is 0. The second-order valence-corrected chi connectivity index (χ2v) is 7.98. The first kappa shape index (κ1) is 22.0. The highest BCUT2D eigenvalue weighted by Crippen LogP contribution is 2.24. The van der Waals surface area contributed by atoms with Crippen LogP contribution in [0.1, 0.15) is 35.2 Å². The summed E-state index contributed by atoms with van der Waals surface area (Å²) in [7, 11) is 1.74. The molecule has 0 bridgehead atoms. The molecule has 1 aliphatic heterocycles. The number of carbonyl (C=O) groups excluding carboxylic acids is 2. The van der Waals surface area contributed by atoms with Gasteiger partial charge in [0, 0.05) is 38.9 Å². The first-order valence-electron chi connectivity index (χ1n) is 10.6. The fourth-order valence-corrected chi connectivity index (χ4v) is 3.96. The lowest BCUT2D eigenvalue weighted by Gasteiger charge is -2.31. The topological polar surface area (TPSA) is 86.9 Å². The molecule has 2 aromatic rings. The van der Waals surface area contributed by atoms with E-state index in [-0.39, 0.29) is 25.0 Å². The van der Waals surface area contributed by atoms with Gasteiger partial charge in [0.05, 0.1) is 6.54 Å². The lowest BCUT2D eigenvalue weighted by Crippen LogP contribution is -2.38. The highest BCUT2D eigenvalue weighted by atomic mass is 16.3. The van der Waals surface area contributed by atoms with Crippen LogP contribution in [0.2, 0.25) is 0 Å². The van der Waals surface area contributed by atoms with Crippen molar-refractivity contribution in [3.63, 3.8) is 0 Å². The van der Waals surface area contributed by atoms with Crippen LogP contribution < -0.4 is 5.73 Å². The molecule has 0 radical (unpaired) electrons. The van der Waals surface area contributed by atoms with Crippen molar-refractivity contribution in [2.45, 2.75) is 25.8 Å². The number of benzene rings is 2. The normalized spacial score (nSPS) is 14.6. The van der Waals surface area contributed by atoms with Crippen LogP contribution >= 0.6 is 0 Å². The van der Waals surface area contributed by atoms with Gasteiger partial charge in [0.25, 0.3) is 5.91 Å². The van der Waals surface area contributed by atoms with Crippen molar-refractivity contribution in [1.29, 1.82) is 0 Å². The van der Waals surface area contributed by atoms with Crippen LogP contribution in [0.25, 0.3) is 11.1 Å². The zero-order valence-corrected chi connectivity index (χ0v) is 17.6.